The van der Waals surface area contributed by atoms with Gasteiger partial charge >= 0.3 is 57.4 Å². The molecule has 0 aliphatic rings. The Bertz CT molecular complexity index is 130. The molecule has 0 saturated carbocycles. The maximum Gasteiger partial charge on any atom is 1.00 e. The Morgan fingerprint density at radius 1 is 1.23 bits per heavy atom. The Morgan fingerprint density at radius 3 is 2.00 bits per heavy atom. The molecule has 0 aromatic rings. The Balaban J connectivity index is -0.000000605. The van der Waals surface area contributed by atoms with Crippen molar-refractivity contribution in [1.29, 1.82) is 0 Å². The second-order valence-corrected chi connectivity index (χ2v) is 2.99. The first kappa shape index (κ1) is 16.5. The zero-order valence-corrected chi connectivity index (χ0v) is 12.2. The molecule has 0 fully saturated rings. The van der Waals surface area contributed by atoms with Gasteiger partial charge in [-0.05, 0) is 25.9 Å². The summed E-state index contributed by atoms with van der Waals surface area (Å²) in [7, 11) is 0. The van der Waals surface area contributed by atoms with Gasteiger partial charge in [0.2, 0.25) is 0 Å². The van der Waals surface area contributed by atoms with Crippen molar-refractivity contribution in [3.8, 4) is 0 Å². The zero-order valence-electron chi connectivity index (χ0n) is 10.0. The molecule has 0 aliphatic carbocycles. The average molecular weight is 213 g/mol. The van der Waals surface area contributed by atoms with E-state index in [2.05, 4.69) is 18.7 Å². The van der Waals surface area contributed by atoms with Crippen LogP contribution in [0.3, 0.4) is 0 Å². The van der Waals surface area contributed by atoms with E-state index in [4.69, 9.17) is 5.11 Å². The van der Waals surface area contributed by atoms with Crippen molar-refractivity contribution in [2.75, 3.05) is 19.6 Å². The van der Waals surface area contributed by atoms with Gasteiger partial charge in [-0.2, -0.15) is 0 Å². The Hall–Kier alpha value is 1.07. The molecule has 1 N–H and O–H groups in total. The van der Waals surface area contributed by atoms with Crippen molar-refractivity contribution in [2.24, 2.45) is 0 Å². The van der Waals surface area contributed by atoms with Crippen LogP contribution in [-0.2, 0) is 4.79 Å². The first-order valence-electron chi connectivity index (χ1n) is 4.64. The summed E-state index contributed by atoms with van der Waals surface area (Å²) in [6.45, 7) is 6.95. The number of hydrogen-bond donors (Lipinski definition) is 1. The standard InChI is InChI=1S/C9H19NO2.K.H/c1-3-6-10(7-4-2)8-5-9(11)12;;/h3-8H2,1-2H3,(H,11,12);;/q;+1;-1. The van der Waals surface area contributed by atoms with Crippen LogP contribution in [0.15, 0.2) is 0 Å². The van der Waals surface area contributed by atoms with Crippen LogP contribution in [0.5, 0.6) is 0 Å². The molecule has 0 aliphatic heterocycles. The zero-order chi connectivity index (χ0) is 9.40. The molecule has 0 rings (SSSR count). The number of nitrogens with zero attached hydrogens (tertiary/aromatic N) is 1. The Morgan fingerprint density at radius 2 is 1.69 bits per heavy atom. The van der Waals surface area contributed by atoms with Crippen molar-refractivity contribution in [3.05, 3.63) is 0 Å². The molecule has 0 bridgehead atoms. The van der Waals surface area contributed by atoms with E-state index < -0.39 is 5.97 Å². The van der Waals surface area contributed by atoms with Gasteiger partial charge in [-0.1, -0.05) is 13.8 Å². The van der Waals surface area contributed by atoms with Gasteiger partial charge in [0.1, 0.15) is 0 Å². The maximum atomic E-state index is 10.3. The molecular weight excluding hydrogens is 193 g/mol. The SMILES string of the molecule is CCCN(CCC)CCC(=O)O.[H-].[K+]. The summed E-state index contributed by atoms with van der Waals surface area (Å²) >= 11 is 0. The van der Waals surface area contributed by atoms with Crippen LogP contribution in [0.2, 0.25) is 0 Å². The van der Waals surface area contributed by atoms with Crippen LogP contribution >= 0.6 is 0 Å². The quantitative estimate of drug-likeness (QED) is 0.535. The van der Waals surface area contributed by atoms with Crippen LogP contribution in [-0.4, -0.2) is 35.6 Å². The van der Waals surface area contributed by atoms with Crippen molar-refractivity contribution >= 4 is 5.97 Å². The molecule has 0 spiro atoms. The summed E-state index contributed by atoms with van der Waals surface area (Å²) in [4.78, 5) is 12.5. The van der Waals surface area contributed by atoms with Crippen LogP contribution in [0, 0.1) is 0 Å². The molecule has 3 nitrogen and oxygen atoms in total. The van der Waals surface area contributed by atoms with Crippen molar-refractivity contribution < 1.29 is 62.7 Å². The smallest absolute Gasteiger partial charge is 1.00 e. The van der Waals surface area contributed by atoms with E-state index in [1.54, 1.807) is 0 Å². The van der Waals surface area contributed by atoms with E-state index in [9.17, 15) is 4.79 Å². The molecular formula is C9H20KNO2. The van der Waals surface area contributed by atoms with Crippen LogP contribution in [0.25, 0.3) is 0 Å². The van der Waals surface area contributed by atoms with Crippen LogP contribution < -0.4 is 51.4 Å². The third kappa shape index (κ3) is 11.0. The molecule has 0 saturated heterocycles. The molecule has 0 radical (unpaired) electrons. The molecule has 0 aromatic carbocycles. The second kappa shape index (κ2) is 11.1. The summed E-state index contributed by atoms with van der Waals surface area (Å²) in [5.41, 5.74) is 0. The molecule has 0 heterocycles. The van der Waals surface area contributed by atoms with E-state index >= 15 is 0 Å². The Kier molecular flexibility index (Phi) is 14.1. The molecule has 0 aromatic heterocycles. The number of rotatable bonds is 7. The minimum absolute atomic E-state index is 0. The second-order valence-electron chi connectivity index (χ2n) is 2.99. The van der Waals surface area contributed by atoms with E-state index in [1.165, 1.54) is 0 Å². The Labute approximate surface area is 125 Å². The third-order valence-corrected chi connectivity index (χ3v) is 1.72. The van der Waals surface area contributed by atoms with Gasteiger partial charge in [0.25, 0.3) is 0 Å². The maximum absolute atomic E-state index is 10.3. The van der Waals surface area contributed by atoms with Crippen LogP contribution in [0.1, 0.15) is 34.5 Å². The molecule has 0 unspecified atom stereocenters. The van der Waals surface area contributed by atoms with Gasteiger partial charge in [-0.15, -0.1) is 0 Å². The molecule has 0 atom stereocenters. The van der Waals surface area contributed by atoms with E-state index in [0.29, 0.717) is 6.54 Å². The largest absolute Gasteiger partial charge is 1.00 e. The molecule has 0 amide bonds. The van der Waals surface area contributed by atoms with Crippen molar-refractivity contribution in [3.63, 3.8) is 0 Å². The predicted octanol–water partition coefficient (Wildman–Crippen LogP) is -1.30. The van der Waals surface area contributed by atoms with Gasteiger partial charge in [-0.3, -0.25) is 4.79 Å². The van der Waals surface area contributed by atoms with Crippen LogP contribution in [0.4, 0.5) is 0 Å². The molecule has 13 heavy (non-hydrogen) atoms. The molecule has 74 valence electrons. The van der Waals surface area contributed by atoms with Crippen molar-refractivity contribution in [2.45, 2.75) is 33.1 Å². The number of carbonyl (C=O) groups is 1. The van der Waals surface area contributed by atoms with Gasteiger partial charge < -0.3 is 11.4 Å². The number of carboxylic acid groups (broad SMARTS) is 1. The summed E-state index contributed by atoms with van der Waals surface area (Å²) in [5.74, 6) is -0.702. The first-order valence-corrected chi connectivity index (χ1v) is 4.64. The summed E-state index contributed by atoms with van der Waals surface area (Å²) in [5, 5.41) is 8.47. The van der Waals surface area contributed by atoms with Gasteiger partial charge in [0.15, 0.2) is 0 Å². The van der Waals surface area contributed by atoms with Gasteiger partial charge in [0.05, 0.1) is 6.42 Å². The fourth-order valence-electron chi connectivity index (χ4n) is 1.22. The minimum Gasteiger partial charge on any atom is -1.00 e. The fraction of sp³-hybridized carbons (Fsp3) is 0.889. The monoisotopic (exact) mass is 213 g/mol. The topological polar surface area (TPSA) is 40.5 Å². The fourth-order valence-corrected chi connectivity index (χ4v) is 1.22. The number of hydrogen-bond acceptors (Lipinski definition) is 2. The number of carboxylic acids is 1. The average Bonchev–Trinajstić information content (AvgIpc) is 2.01. The minimum atomic E-state index is -0.702. The summed E-state index contributed by atoms with van der Waals surface area (Å²) in [6, 6.07) is 0. The van der Waals surface area contributed by atoms with Crippen molar-refractivity contribution in [1.82, 2.24) is 4.90 Å². The van der Waals surface area contributed by atoms with E-state index in [-0.39, 0.29) is 59.2 Å². The van der Waals surface area contributed by atoms with E-state index in [0.717, 1.165) is 25.9 Å². The predicted molar refractivity (Wildman–Crippen MR) is 50.4 cm³/mol. The normalized spacial score (nSPS) is 9.77. The molecule has 4 heteroatoms. The first-order chi connectivity index (χ1) is 5.70. The van der Waals surface area contributed by atoms with Gasteiger partial charge in [-0.25, -0.2) is 0 Å². The number of aliphatic carboxylic acids is 1. The summed E-state index contributed by atoms with van der Waals surface area (Å²) < 4.78 is 0. The third-order valence-electron chi connectivity index (χ3n) is 1.72. The van der Waals surface area contributed by atoms with Gasteiger partial charge in [0, 0.05) is 6.54 Å². The summed E-state index contributed by atoms with van der Waals surface area (Å²) in [6.07, 6.45) is 2.46. The van der Waals surface area contributed by atoms with E-state index in [1.807, 2.05) is 0 Å².